The molecule has 7 nitrogen and oxygen atoms in total. The summed E-state index contributed by atoms with van der Waals surface area (Å²) < 4.78 is 18.0. The Kier molecular flexibility index (Phi) is 17.1. The van der Waals surface area contributed by atoms with Crippen LogP contribution < -0.4 is 14.2 Å². The maximum atomic E-state index is 12.2. The van der Waals surface area contributed by atoms with Crippen LogP contribution in [0.2, 0.25) is 10.0 Å². The molecular weight excluding hydrogens is 1130 g/mol. The Balaban J connectivity index is 0.000000131. The van der Waals surface area contributed by atoms with E-state index in [1.807, 2.05) is 119 Å². The zero-order valence-electron chi connectivity index (χ0n) is 41.8. The molecule has 4 unspecified atom stereocenters. The number of ether oxygens (including phenoxy) is 3. The molecule has 0 saturated heterocycles. The molecule has 73 heavy (non-hydrogen) atoms. The predicted molar refractivity (Wildman–Crippen MR) is 305 cm³/mol. The lowest BCUT2D eigenvalue weighted by Crippen LogP contribution is -2.03. The van der Waals surface area contributed by atoms with Crippen LogP contribution in [0.25, 0.3) is 22.3 Å². The van der Waals surface area contributed by atoms with Gasteiger partial charge in [-0.3, -0.25) is 19.2 Å². The fourth-order valence-electron chi connectivity index (χ4n) is 10.00. The van der Waals surface area contributed by atoms with Gasteiger partial charge in [-0.1, -0.05) is 136 Å². The smallest absolute Gasteiger partial charge is 0.166 e. The highest BCUT2D eigenvalue weighted by atomic mass is 127. The van der Waals surface area contributed by atoms with Crippen molar-refractivity contribution in [3.05, 3.63) is 201 Å². The third kappa shape index (κ3) is 11.6. The molecule has 4 aliphatic rings. The Labute approximate surface area is 460 Å². The third-order valence-corrected chi connectivity index (χ3v) is 16.9. The molecule has 4 atom stereocenters. The number of hydrogen-bond acceptors (Lipinski definition) is 7. The minimum atomic E-state index is 0.0506. The van der Waals surface area contributed by atoms with Gasteiger partial charge in [0, 0.05) is 70.1 Å². The summed E-state index contributed by atoms with van der Waals surface area (Å²) in [6.45, 7) is 7.88. The topological polar surface area (TPSA) is 96.0 Å². The highest BCUT2D eigenvalue weighted by Crippen LogP contribution is 2.41. The van der Waals surface area contributed by atoms with Crippen molar-refractivity contribution in [1.82, 2.24) is 0 Å². The molecule has 7 aromatic rings. The Morgan fingerprint density at radius 2 is 0.877 bits per heavy atom. The van der Waals surface area contributed by atoms with Crippen molar-refractivity contribution in [2.75, 3.05) is 21.3 Å². The fraction of sp³-hybridized carbons (Fsp3) is 0.258. The summed E-state index contributed by atoms with van der Waals surface area (Å²) in [5, 5.41) is 1.37. The molecule has 0 heterocycles. The average Bonchev–Trinajstić information content (AvgIpc) is 4.08. The van der Waals surface area contributed by atoms with Crippen LogP contribution >= 0.6 is 61.7 Å². The number of Topliss-reactive ketones (excluding diaryl/α,β-unsaturated/α-hetero) is 4. The molecule has 0 spiro atoms. The zero-order valence-corrected chi connectivity index (χ0v) is 47.1. The fourth-order valence-corrected chi connectivity index (χ4v) is 12.3. The van der Waals surface area contributed by atoms with E-state index in [2.05, 4.69) is 62.8 Å². The maximum absolute atomic E-state index is 12.2. The van der Waals surface area contributed by atoms with Gasteiger partial charge in [0.05, 0.1) is 21.3 Å². The van der Waals surface area contributed by atoms with Crippen molar-refractivity contribution >= 4 is 84.9 Å². The van der Waals surface area contributed by atoms with Gasteiger partial charge < -0.3 is 14.2 Å². The molecule has 374 valence electrons. The SMILES string of the molecule is CC1Cc2c(Cl)cc(Cc3ccccc3)cc2C1=O.CC1Cc2c(ccc(-c3ccccc3)c2Br)C1=O.COc1cc(Cl)c2c(c1)C(=O)C(C)C2.COc1cc(OC)cc(-c2ccc3c(c2I)CC(C)C3=O)c1. The summed E-state index contributed by atoms with van der Waals surface area (Å²) >= 11 is 18.4. The van der Waals surface area contributed by atoms with Gasteiger partial charge >= 0.3 is 0 Å². The first-order valence-corrected chi connectivity index (χ1v) is 26.9. The summed E-state index contributed by atoms with van der Waals surface area (Å²) in [4.78, 5) is 47.9. The Bertz CT molecular complexity index is 3240. The number of carbonyl (C=O) groups excluding carboxylic acids is 4. The highest BCUT2D eigenvalue weighted by Gasteiger charge is 2.33. The van der Waals surface area contributed by atoms with Gasteiger partial charge in [0.15, 0.2) is 23.1 Å². The molecule has 4 aliphatic carbocycles. The first-order valence-electron chi connectivity index (χ1n) is 24.3. The average molecular weight is 1190 g/mol. The van der Waals surface area contributed by atoms with Crippen LogP contribution in [0.3, 0.4) is 0 Å². The van der Waals surface area contributed by atoms with E-state index in [1.165, 1.54) is 11.1 Å². The van der Waals surface area contributed by atoms with E-state index in [9.17, 15) is 19.2 Å². The summed E-state index contributed by atoms with van der Waals surface area (Å²) in [7, 11) is 4.86. The van der Waals surface area contributed by atoms with E-state index in [4.69, 9.17) is 37.4 Å². The number of ketones is 4. The maximum Gasteiger partial charge on any atom is 0.166 e. The van der Waals surface area contributed by atoms with Crippen LogP contribution in [0.1, 0.15) is 103 Å². The lowest BCUT2D eigenvalue weighted by atomic mass is 10.00. The number of hydrogen-bond donors (Lipinski definition) is 0. The van der Waals surface area contributed by atoms with Crippen LogP contribution in [0.4, 0.5) is 0 Å². The summed E-state index contributed by atoms with van der Waals surface area (Å²) in [6, 6.07) is 41.8. The van der Waals surface area contributed by atoms with Crippen molar-refractivity contribution in [2.24, 2.45) is 23.7 Å². The molecule has 11 rings (SSSR count). The van der Waals surface area contributed by atoms with Crippen molar-refractivity contribution in [3.8, 4) is 39.5 Å². The zero-order chi connectivity index (χ0) is 52.2. The second-order valence-electron chi connectivity index (χ2n) is 19.2. The number of methoxy groups -OCH3 is 3. The summed E-state index contributed by atoms with van der Waals surface area (Å²) in [5.74, 6) is 3.40. The molecule has 7 aromatic carbocycles. The van der Waals surface area contributed by atoms with Crippen molar-refractivity contribution < 1.29 is 33.4 Å². The van der Waals surface area contributed by atoms with E-state index in [0.29, 0.717) is 10.8 Å². The number of fused-ring (bicyclic) bond motifs is 4. The van der Waals surface area contributed by atoms with E-state index in [-0.39, 0.29) is 46.8 Å². The Hall–Kier alpha value is -5.59. The van der Waals surface area contributed by atoms with Gasteiger partial charge in [-0.15, -0.1) is 0 Å². The van der Waals surface area contributed by atoms with Crippen LogP contribution in [0.15, 0.2) is 132 Å². The van der Waals surface area contributed by atoms with Gasteiger partial charge in [0.1, 0.15) is 17.2 Å². The van der Waals surface area contributed by atoms with E-state index in [1.54, 1.807) is 33.5 Å². The van der Waals surface area contributed by atoms with Crippen LogP contribution in [0.5, 0.6) is 17.2 Å². The van der Waals surface area contributed by atoms with Gasteiger partial charge in [-0.05, 0) is 163 Å². The van der Waals surface area contributed by atoms with Gasteiger partial charge in [-0.2, -0.15) is 0 Å². The molecule has 0 N–H and O–H groups in total. The monoisotopic (exact) mass is 1190 g/mol. The summed E-state index contributed by atoms with van der Waals surface area (Å²) in [6.07, 6.45) is 4.00. The van der Waals surface area contributed by atoms with Crippen molar-refractivity contribution in [2.45, 2.75) is 59.8 Å². The summed E-state index contributed by atoms with van der Waals surface area (Å²) in [5.41, 5.74) is 14.4. The largest absolute Gasteiger partial charge is 0.497 e. The van der Waals surface area contributed by atoms with E-state index < -0.39 is 0 Å². The molecular formula is C62H56BrCl2IO7. The first kappa shape index (κ1) is 53.7. The molecule has 0 radical (unpaired) electrons. The molecule has 0 fully saturated rings. The number of rotatable bonds is 7. The van der Waals surface area contributed by atoms with Crippen LogP contribution in [-0.2, 0) is 32.1 Å². The van der Waals surface area contributed by atoms with Crippen molar-refractivity contribution in [3.63, 3.8) is 0 Å². The number of benzene rings is 7. The second kappa shape index (κ2) is 23.3. The standard InChI is InChI=1S/C18H17IO3.C17H15ClO.C16H13BrO.C11H11ClO2/c1-10-6-16-15(18(10)20)5-4-14(17(16)19)11-7-12(21-2)9-13(8-11)22-3;1-11-7-14-15(17(11)19)9-13(10-16(14)18)8-12-5-3-2-4-6-12;1-10-9-14-13(16(10)18)8-7-12(15(14)17)11-5-3-2-4-6-11;1-6-3-8-9(11(6)13)4-7(14-2)5-10(8)12/h4-5,7-10H,6H2,1-3H3;2-6,9-11H,7-8H2,1H3;2-8,10H,9H2,1H3;4-6H,3H2,1-2H3. The van der Waals surface area contributed by atoms with E-state index >= 15 is 0 Å². The quantitative estimate of drug-likeness (QED) is 0.147. The second-order valence-corrected chi connectivity index (χ2v) is 21.8. The molecule has 0 aliphatic heterocycles. The Morgan fingerprint density at radius 3 is 1.42 bits per heavy atom. The highest BCUT2D eigenvalue weighted by molar-refractivity contribution is 14.1. The molecule has 0 amide bonds. The predicted octanol–water partition coefficient (Wildman–Crippen LogP) is 15.9. The molecule has 0 aromatic heterocycles. The normalized spacial score (nSPS) is 17.7. The third-order valence-electron chi connectivity index (χ3n) is 14.0. The number of carbonyl (C=O) groups is 4. The van der Waals surface area contributed by atoms with Gasteiger partial charge in [0.25, 0.3) is 0 Å². The minimum absolute atomic E-state index is 0.0506. The van der Waals surface area contributed by atoms with Crippen molar-refractivity contribution in [1.29, 1.82) is 0 Å². The van der Waals surface area contributed by atoms with E-state index in [0.717, 1.165) is 123 Å². The molecule has 0 bridgehead atoms. The molecule has 0 saturated carbocycles. The van der Waals surface area contributed by atoms with Gasteiger partial charge in [0.2, 0.25) is 0 Å². The lowest BCUT2D eigenvalue weighted by Gasteiger charge is -2.12. The first-order chi connectivity index (χ1) is 35.0. The molecule has 11 heteroatoms. The Morgan fingerprint density at radius 1 is 0.452 bits per heavy atom. The van der Waals surface area contributed by atoms with Crippen LogP contribution in [-0.4, -0.2) is 44.5 Å². The van der Waals surface area contributed by atoms with Gasteiger partial charge in [-0.25, -0.2) is 0 Å². The minimum Gasteiger partial charge on any atom is -0.497 e. The van der Waals surface area contributed by atoms with Crippen LogP contribution in [0, 0.1) is 27.2 Å². The number of halogens is 4. The lowest BCUT2D eigenvalue weighted by molar-refractivity contribution is 0.0939.